The van der Waals surface area contributed by atoms with Crippen molar-refractivity contribution in [3.05, 3.63) is 39.4 Å². The average Bonchev–Trinajstić information content (AvgIpc) is 2.37. The van der Waals surface area contributed by atoms with Gasteiger partial charge in [-0.1, -0.05) is 0 Å². The number of hydrogen-bond acceptors (Lipinski definition) is 4. The highest BCUT2D eigenvalue weighted by Gasteiger charge is 2.39. The zero-order valence-corrected chi connectivity index (χ0v) is 10.3. The molecule has 2 unspecified atom stereocenters. The summed E-state index contributed by atoms with van der Waals surface area (Å²) < 4.78 is 43.8. The van der Waals surface area contributed by atoms with Gasteiger partial charge in [-0.3, -0.25) is 10.1 Å². The molecule has 1 fully saturated rings. The predicted octanol–water partition coefficient (Wildman–Crippen LogP) is 2.83. The van der Waals surface area contributed by atoms with Crippen molar-refractivity contribution in [2.75, 3.05) is 6.61 Å². The van der Waals surface area contributed by atoms with Crippen LogP contribution in [0.2, 0.25) is 0 Å². The normalized spacial score (nSPS) is 23.6. The number of ether oxygens (including phenoxy) is 1. The Hall–Kier alpha value is -1.67. The van der Waals surface area contributed by atoms with E-state index in [2.05, 4.69) is 0 Å². The Kier molecular flexibility index (Phi) is 3.96. The first-order chi connectivity index (χ1) is 9.29. The van der Waals surface area contributed by atoms with Crippen LogP contribution in [0.1, 0.15) is 30.1 Å². The zero-order valence-electron chi connectivity index (χ0n) is 10.3. The topological polar surface area (TPSA) is 72.6 Å². The van der Waals surface area contributed by atoms with Crippen molar-refractivity contribution in [1.29, 1.82) is 0 Å². The molecule has 2 rings (SSSR count). The molecule has 1 saturated heterocycles. The molecule has 20 heavy (non-hydrogen) atoms. The van der Waals surface area contributed by atoms with Crippen molar-refractivity contribution in [3.63, 3.8) is 0 Å². The first kappa shape index (κ1) is 14.7. The molecule has 110 valence electrons. The van der Waals surface area contributed by atoms with Crippen LogP contribution in [-0.2, 0) is 10.9 Å². The maximum Gasteiger partial charge on any atom is 0.423 e. The Morgan fingerprint density at radius 3 is 2.65 bits per heavy atom. The summed E-state index contributed by atoms with van der Waals surface area (Å²) in [7, 11) is 0. The van der Waals surface area contributed by atoms with Gasteiger partial charge < -0.3 is 9.84 Å². The molecule has 1 aromatic carbocycles. The number of hydrogen-bond donors (Lipinski definition) is 1. The first-order valence-electron chi connectivity index (χ1n) is 5.94. The monoisotopic (exact) mass is 291 g/mol. The first-order valence-corrected chi connectivity index (χ1v) is 5.94. The fraction of sp³-hybridized carbons (Fsp3) is 0.500. The van der Waals surface area contributed by atoms with Crippen LogP contribution < -0.4 is 0 Å². The van der Waals surface area contributed by atoms with E-state index in [1.165, 1.54) is 6.07 Å². The summed E-state index contributed by atoms with van der Waals surface area (Å²) >= 11 is 0. The van der Waals surface area contributed by atoms with E-state index in [0.717, 1.165) is 12.1 Å². The second kappa shape index (κ2) is 5.37. The van der Waals surface area contributed by atoms with Crippen molar-refractivity contribution in [1.82, 2.24) is 0 Å². The van der Waals surface area contributed by atoms with Gasteiger partial charge in [0.25, 0.3) is 5.69 Å². The summed E-state index contributed by atoms with van der Waals surface area (Å²) in [4.78, 5) is 9.58. The van der Waals surface area contributed by atoms with Gasteiger partial charge in [0.05, 0.1) is 17.1 Å². The summed E-state index contributed by atoms with van der Waals surface area (Å²) in [5.74, 6) is 0. The van der Waals surface area contributed by atoms with Crippen LogP contribution in [-0.4, -0.2) is 22.7 Å². The molecule has 1 aliphatic rings. The van der Waals surface area contributed by atoms with Gasteiger partial charge >= 0.3 is 6.18 Å². The number of aliphatic hydroxyl groups is 1. The lowest BCUT2D eigenvalue weighted by molar-refractivity contribution is -0.388. The SMILES string of the molecule is O=[N+]([O-])c1ccc(C2CC(O)CCO2)cc1C(F)(F)F. The number of nitro benzene ring substituents is 1. The number of benzene rings is 1. The molecule has 0 spiro atoms. The molecular weight excluding hydrogens is 279 g/mol. The van der Waals surface area contributed by atoms with Gasteiger partial charge in [0, 0.05) is 19.1 Å². The van der Waals surface area contributed by atoms with Gasteiger partial charge in [0.2, 0.25) is 0 Å². The van der Waals surface area contributed by atoms with Gasteiger partial charge in [0.15, 0.2) is 0 Å². The molecule has 0 bridgehead atoms. The van der Waals surface area contributed by atoms with Crippen molar-refractivity contribution in [2.45, 2.75) is 31.2 Å². The van der Waals surface area contributed by atoms with E-state index in [9.17, 15) is 28.4 Å². The third-order valence-corrected chi connectivity index (χ3v) is 3.15. The minimum absolute atomic E-state index is 0.176. The molecule has 0 aromatic heterocycles. The third-order valence-electron chi connectivity index (χ3n) is 3.15. The third kappa shape index (κ3) is 3.07. The molecule has 0 amide bonds. The van der Waals surface area contributed by atoms with Crippen LogP contribution >= 0.6 is 0 Å². The highest BCUT2D eigenvalue weighted by atomic mass is 19.4. The number of nitro groups is 1. The minimum Gasteiger partial charge on any atom is -0.393 e. The maximum atomic E-state index is 12.8. The summed E-state index contributed by atoms with van der Waals surface area (Å²) in [6, 6.07) is 2.78. The molecule has 1 heterocycles. The van der Waals surface area contributed by atoms with E-state index in [1.807, 2.05) is 0 Å². The Bertz CT molecular complexity index is 518. The summed E-state index contributed by atoms with van der Waals surface area (Å²) in [6.07, 6.45) is -5.53. The van der Waals surface area contributed by atoms with Crippen molar-refractivity contribution < 1.29 is 27.9 Å². The zero-order chi connectivity index (χ0) is 14.9. The van der Waals surface area contributed by atoms with Crippen molar-refractivity contribution in [3.8, 4) is 0 Å². The second-order valence-corrected chi connectivity index (χ2v) is 4.57. The Morgan fingerprint density at radius 1 is 1.40 bits per heavy atom. The van der Waals surface area contributed by atoms with Crippen molar-refractivity contribution >= 4 is 5.69 Å². The lowest BCUT2D eigenvalue weighted by atomic mass is 9.97. The standard InChI is InChI=1S/C12H12F3NO4/c13-12(14,15)9-5-7(1-2-10(9)16(18)19)11-6-8(17)3-4-20-11/h1-2,5,8,11,17H,3-4,6H2. The largest absolute Gasteiger partial charge is 0.423 e. The van der Waals surface area contributed by atoms with Crippen LogP contribution in [0, 0.1) is 10.1 Å². The molecule has 0 saturated carbocycles. The number of halogens is 3. The van der Waals surface area contributed by atoms with E-state index in [4.69, 9.17) is 4.74 Å². The van der Waals surface area contributed by atoms with E-state index in [1.54, 1.807) is 0 Å². The molecular formula is C12H12F3NO4. The molecule has 2 atom stereocenters. The van der Waals surface area contributed by atoms with Crippen molar-refractivity contribution in [2.24, 2.45) is 0 Å². The molecule has 8 heteroatoms. The highest BCUT2D eigenvalue weighted by Crippen LogP contribution is 2.39. The number of nitrogens with zero attached hydrogens (tertiary/aromatic N) is 1. The summed E-state index contributed by atoms with van der Waals surface area (Å²) in [5, 5.41) is 20.1. The molecule has 0 radical (unpaired) electrons. The number of aliphatic hydroxyl groups excluding tert-OH is 1. The molecule has 5 nitrogen and oxygen atoms in total. The number of alkyl halides is 3. The predicted molar refractivity (Wildman–Crippen MR) is 62.0 cm³/mol. The fourth-order valence-corrected chi connectivity index (χ4v) is 2.15. The Morgan fingerprint density at radius 2 is 2.10 bits per heavy atom. The lowest BCUT2D eigenvalue weighted by Crippen LogP contribution is -2.23. The fourth-order valence-electron chi connectivity index (χ4n) is 2.15. The van der Waals surface area contributed by atoms with E-state index < -0.39 is 34.6 Å². The molecule has 1 aliphatic heterocycles. The number of rotatable bonds is 2. The second-order valence-electron chi connectivity index (χ2n) is 4.57. The van der Waals surface area contributed by atoms with E-state index in [-0.39, 0.29) is 18.6 Å². The molecule has 0 aliphatic carbocycles. The minimum atomic E-state index is -4.81. The van der Waals surface area contributed by atoms with Crippen LogP contribution in [0.15, 0.2) is 18.2 Å². The van der Waals surface area contributed by atoms with Gasteiger partial charge in [-0.2, -0.15) is 13.2 Å². The molecule has 1 aromatic rings. The summed E-state index contributed by atoms with van der Waals surface area (Å²) in [5.41, 5.74) is -2.11. The maximum absolute atomic E-state index is 12.8. The molecule has 1 N–H and O–H groups in total. The quantitative estimate of drug-likeness (QED) is 0.671. The van der Waals surface area contributed by atoms with Gasteiger partial charge in [0.1, 0.15) is 5.56 Å². The van der Waals surface area contributed by atoms with Gasteiger partial charge in [-0.25, -0.2) is 0 Å². The van der Waals surface area contributed by atoms with E-state index in [0.29, 0.717) is 6.42 Å². The average molecular weight is 291 g/mol. The van der Waals surface area contributed by atoms with Crippen LogP contribution in [0.4, 0.5) is 18.9 Å². The Labute approximate surface area is 112 Å². The Balaban J connectivity index is 2.39. The van der Waals surface area contributed by atoms with Crippen LogP contribution in [0.3, 0.4) is 0 Å². The van der Waals surface area contributed by atoms with E-state index >= 15 is 0 Å². The van der Waals surface area contributed by atoms with Gasteiger partial charge in [-0.05, 0) is 24.1 Å². The van der Waals surface area contributed by atoms with Crippen LogP contribution in [0.5, 0.6) is 0 Å². The summed E-state index contributed by atoms with van der Waals surface area (Å²) in [6.45, 7) is 0.240. The van der Waals surface area contributed by atoms with Gasteiger partial charge in [-0.15, -0.1) is 0 Å². The van der Waals surface area contributed by atoms with Crippen LogP contribution in [0.25, 0.3) is 0 Å². The highest BCUT2D eigenvalue weighted by molar-refractivity contribution is 5.45. The lowest BCUT2D eigenvalue weighted by Gasteiger charge is -2.27. The smallest absolute Gasteiger partial charge is 0.393 e.